The summed E-state index contributed by atoms with van der Waals surface area (Å²) in [4.78, 5) is 4.29. The molecule has 5 nitrogen and oxygen atoms in total. The summed E-state index contributed by atoms with van der Waals surface area (Å²) in [5.74, 6) is 5.59. The number of hydrazine groups is 1. The number of aromatic nitrogens is 3. The van der Waals surface area contributed by atoms with E-state index in [0.717, 1.165) is 29.9 Å². The maximum atomic E-state index is 5.59. The molecule has 0 aliphatic rings. The Balaban J connectivity index is 2.15. The Morgan fingerprint density at radius 1 is 1.59 bits per heavy atom. The van der Waals surface area contributed by atoms with Crippen LogP contribution < -0.4 is 11.3 Å². The minimum absolute atomic E-state index is 0.0429. The van der Waals surface area contributed by atoms with Gasteiger partial charge in [0, 0.05) is 24.5 Å². The molecule has 1 atom stereocenters. The van der Waals surface area contributed by atoms with Crippen LogP contribution in [0.4, 0.5) is 0 Å². The highest BCUT2D eigenvalue weighted by molar-refractivity contribution is 7.07. The molecule has 0 aliphatic heterocycles. The van der Waals surface area contributed by atoms with Crippen molar-refractivity contribution in [3.63, 3.8) is 0 Å². The average molecular weight is 251 g/mol. The Morgan fingerprint density at radius 3 is 2.94 bits per heavy atom. The van der Waals surface area contributed by atoms with E-state index in [1.54, 1.807) is 11.3 Å². The van der Waals surface area contributed by atoms with Crippen LogP contribution in [0, 0.1) is 0 Å². The summed E-state index contributed by atoms with van der Waals surface area (Å²) in [6.45, 7) is 2.10. The molecular formula is C11H17N5S. The minimum Gasteiger partial charge on any atom is -0.272 e. The molecule has 0 spiro atoms. The molecule has 0 saturated carbocycles. The monoisotopic (exact) mass is 251 g/mol. The molecule has 6 heteroatoms. The summed E-state index contributed by atoms with van der Waals surface area (Å²) in [7, 11) is 1.96. The van der Waals surface area contributed by atoms with Crippen molar-refractivity contribution < 1.29 is 0 Å². The van der Waals surface area contributed by atoms with Gasteiger partial charge < -0.3 is 0 Å². The second kappa shape index (κ2) is 5.39. The first-order valence-corrected chi connectivity index (χ1v) is 6.54. The Morgan fingerprint density at radius 2 is 2.41 bits per heavy atom. The highest BCUT2D eigenvalue weighted by Gasteiger charge is 2.15. The summed E-state index contributed by atoms with van der Waals surface area (Å²) in [6.07, 6.45) is 1.75. The molecule has 2 heterocycles. The van der Waals surface area contributed by atoms with E-state index in [2.05, 4.69) is 28.5 Å². The van der Waals surface area contributed by atoms with Crippen LogP contribution in [0.3, 0.4) is 0 Å². The topological polar surface area (TPSA) is 68.8 Å². The Bertz CT molecular complexity index is 462. The zero-order valence-electron chi connectivity index (χ0n) is 10.1. The van der Waals surface area contributed by atoms with Crippen LogP contribution in [0.5, 0.6) is 0 Å². The lowest BCUT2D eigenvalue weighted by atomic mass is 10.1. The normalized spacial score (nSPS) is 12.9. The quantitative estimate of drug-likeness (QED) is 0.618. The van der Waals surface area contributed by atoms with Crippen LogP contribution in [0.1, 0.15) is 30.0 Å². The van der Waals surface area contributed by atoms with Crippen molar-refractivity contribution in [3.8, 4) is 0 Å². The maximum Gasteiger partial charge on any atom is 0.0795 e. The molecule has 0 radical (unpaired) electrons. The van der Waals surface area contributed by atoms with E-state index in [-0.39, 0.29) is 6.04 Å². The molecule has 0 saturated heterocycles. The Hall–Kier alpha value is -1.24. The standard InChI is InChI=1S/C11H17N5S/c1-3-8-4-9(16(2)15-8)5-10(14-12)11-6-17-7-13-11/h4,6-7,10,14H,3,5,12H2,1-2H3. The first-order valence-electron chi connectivity index (χ1n) is 5.60. The van der Waals surface area contributed by atoms with E-state index in [1.165, 1.54) is 0 Å². The fraction of sp³-hybridized carbons (Fsp3) is 0.455. The van der Waals surface area contributed by atoms with Crippen molar-refractivity contribution in [2.24, 2.45) is 12.9 Å². The Labute approximate surface area is 105 Å². The molecule has 2 rings (SSSR count). The second-order valence-corrected chi connectivity index (χ2v) is 4.66. The third-order valence-corrected chi connectivity index (χ3v) is 3.42. The summed E-state index contributed by atoms with van der Waals surface area (Å²) >= 11 is 1.58. The van der Waals surface area contributed by atoms with Crippen molar-refractivity contribution in [1.29, 1.82) is 0 Å². The van der Waals surface area contributed by atoms with E-state index in [9.17, 15) is 0 Å². The predicted molar refractivity (Wildman–Crippen MR) is 68.5 cm³/mol. The summed E-state index contributed by atoms with van der Waals surface area (Å²) in [5.41, 5.74) is 7.89. The first-order chi connectivity index (χ1) is 8.24. The van der Waals surface area contributed by atoms with Gasteiger partial charge in [-0.05, 0) is 12.5 Å². The smallest absolute Gasteiger partial charge is 0.0795 e. The van der Waals surface area contributed by atoms with Crippen molar-refractivity contribution in [1.82, 2.24) is 20.2 Å². The van der Waals surface area contributed by atoms with Gasteiger partial charge in [-0.1, -0.05) is 6.92 Å². The van der Waals surface area contributed by atoms with Gasteiger partial charge in [0.25, 0.3) is 0 Å². The molecule has 17 heavy (non-hydrogen) atoms. The van der Waals surface area contributed by atoms with Gasteiger partial charge in [-0.3, -0.25) is 16.0 Å². The fourth-order valence-corrected chi connectivity index (χ4v) is 2.40. The van der Waals surface area contributed by atoms with Crippen molar-refractivity contribution in [3.05, 3.63) is 34.0 Å². The molecule has 1 unspecified atom stereocenters. The van der Waals surface area contributed by atoms with Crippen molar-refractivity contribution >= 4 is 11.3 Å². The third kappa shape index (κ3) is 2.71. The fourth-order valence-electron chi connectivity index (χ4n) is 1.79. The van der Waals surface area contributed by atoms with Crippen LogP contribution in [0.2, 0.25) is 0 Å². The van der Waals surface area contributed by atoms with Crippen LogP contribution in [0.25, 0.3) is 0 Å². The molecule has 0 fully saturated rings. The van der Waals surface area contributed by atoms with E-state index >= 15 is 0 Å². The number of thiazole rings is 1. The van der Waals surface area contributed by atoms with E-state index in [4.69, 9.17) is 5.84 Å². The molecule has 2 aromatic heterocycles. The number of rotatable bonds is 5. The molecule has 0 aliphatic carbocycles. The number of nitrogens with two attached hydrogens (primary N) is 1. The van der Waals surface area contributed by atoms with E-state index < -0.39 is 0 Å². The minimum atomic E-state index is 0.0429. The van der Waals surface area contributed by atoms with Gasteiger partial charge >= 0.3 is 0 Å². The first kappa shape index (κ1) is 12.2. The molecule has 3 N–H and O–H groups in total. The van der Waals surface area contributed by atoms with E-state index in [1.807, 2.05) is 22.6 Å². The number of nitrogens with zero attached hydrogens (tertiary/aromatic N) is 3. The number of aryl methyl sites for hydroxylation is 2. The molecule has 2 aromatic rings. The van der Waals surface area contributed by atoms with Gasteiger partial charge in [0.2, 0.25) is 0 Å². The lowest BCUT2D eigenvalue weighted by Crippen LogP contribution is -2.30. The van der Waals surface area contributed by atoms with Crippen molar-refractivity contribution in [2.45, 2.75) is 25.8 Å². The highest BCUT2D eigenvalue weighted by atomic mass is 32.1. The van der Waals surface area contributed by atoms with Gasteiger partial charge in [0.15, 0.2) is 0 Å². The molecular weight excluding hydrogens is 234 g/mol. The largest absolute Gasteiger partial charge is 0.272 e. The lowest BCUT2D eigenvalue weighted by Gasteiger charge is -2.13. The maximum absolute atomic E-state index is 5.59. The van der Waals surface area contributed by atoms with Crippen molar-refractivity contribution in [2.75, 3.05) is 0 Å². The van der Waals surface area contributed by atoms with Crippen LogP contribution in [-0.2, 0) is 19.9 Å². The highest BCUT2D eigenvalue weighted by Crippen LogP contribution is 2.18. The van der Waals surface area contributed by atoms with Crippen LogP contribution >= 0.6 is 11.3 Å². The Kier molecular flexibility index (Phi) is 3.88. The van der Waals surface area contributed by atoms with Gasteiger partial charge in [-0.2, -0.15) is 5.10 Å². The number of hydrogen-bond acceptors (Lipinski definition) is 5. The van der Waals surface area contributed by atoms with Crippen LogP contribution in [0.15, 0.2) is 17.0 Å². The zero-order chi connectivity index (χ0) is 12.3. The number of hydrogen-bond donors (Lipinski definition) is 2. The SMILES string of the molecule is CCc1cc(CC(NN)c2cscn2)n(C)n1. The molecule has 0 bridgehead atoms. The summed E-state index contributed by atoms with van der Waals surface area (Å²) in [6, 6.07) is 2.16. The third-order valence-electron chi connectivity index (χ3n) is 2.81. The number of nitrogens with one attached hydrogen (secondary N) is 1. The zero-order valence-corrected chi connectivity index (χ0v) is 10.9. The van der Waals surface area contributed by atoms with E-state index in [0.29, 0.717) is 0 Å². The lowest BCUT2D eigenvalue weighted by molar-refractivity contribution is 0.520. The van der Waals surface area contributed by atoms with Crippen LogP contribution in [-0.4, -0.2) is 14.8 Å². The molecule has 92 valence electrons. The second-order valence-electron chi connectivity index (χ2n) is 3.94. The average Bonchev–Trinajstić information content (AvgIpc) is 2.96. The van der Waals surface area contributed by atoms with Gasteiger partial charge in [0.1, 0.15) is 0 Å². The predicted octanol–water partition coefficient (Wildman–Crippen LogP) is 1.19. The van der Waals surface area contributed by atoms with Gasteiger partial charge in [-0.25, -0.2) is 4.98 Å². The molecule has 0 amide bonds. The van der Waals surface area contributed by atoms with Gasteiger partial charge in [0.05, 0.1) is 22.9 Å². The molecule has 0 aromatic carbocycles. The van der Waals surface area contributed by atoms with Gasteiger partial charge in [-0.15, -0.1) is 11.3 Å². The summed E-state index contributed by atoms with van der Waals surface area (Å²) < 4.78 is 1.91. The summed E-state index contributed by atoms with van der Waals surface area (Å²) in [5, 5.41) is 6.44.